The second kappa shape index (κ2) is 4.17. The number of terminal acetylenes is 1. The Bertz CT molecular complexity index is 355. The molecule has 0 aliphatic carbocycles. The summed E-state index contributed by atoms with van der Waals surface area (Å²) >= 11 is 0. The third kappa shape index (κ3) is 1.90. The van der Waals surface area contributed by atoms with Gasteiger partial charge in [-0.15, -0.1) is 6.42 Å². The molecule has 88 valence electrons. The molecule has 1 heterocycles. The van der Waals surface area contributed by atoms with Gasteiger partial charge in [0, 0.05) is 0 Å². The number of nitrogens with zero attached hydrogens (tertiary/aromatic N) is 1. The summed E-state index contributed by atoms with van der Waals surface area (Å²) in [5.41, 5.74) is -0.734. The van der Waals surface area contributed by atoms with E-state index in [0.717, 1.165) is 0 Å². The number of rotatable bonds is 2. The van der Waals surface area contributed by atoms with Gasteiger partial charge < -0.3 is 10.2 Å². The molecule has 16 heavy (non-hydrogen) atoms. The average molecular weight is 222 g/mol. The quantitative estimate of drug-likeness (QED) is 0.693. The van der Waals surface area contributed by atoms with Crippen molar-refractivity contribution < 1.29 is 9.59 Å². The van der Waals surface area contributed by atoms with E-state index < -0.39 is 17.6 Å². The maximum Gasteiger partial charge on any atom is 0.247 e. The highest BCUT2D eigenvalue weighted by Crippen LogP contribution is 2.22. The summed E-state index contributed by atoms with van der Waals surface area (Å²) in [6, 6.07) is -0.960. The summed E-state index contributed by atoms with van der Waals surface area (Å²) in [6.45, 7) is 7.09. The van der Waals surface area contributed by atoms with Crippen molar-refractivity contribution in [2.45, 2.75) is 51.7 Å². The first kappa shape index (κ1) is 12.6. The van der Waals surface area contributed by atoms with Gasteiger partial charge >= 0.3 is 0 Å². The second-order valence-corrected chi connectivity index (χ2v) is 4.56. The number of amides is 2. The Kier molecular flexibility index (Phi) is 3.27. The predicted molar refractivity (Wildman–Crippen MR) is 61.4 cm³/mol. The van der Waals surface area contributed by atoms with Crippen LogP contribution in [0.5, 0.6) is 0 Å². The highest BCUT2D eigenvalue weighted by Gasteiger charge is 2.43. The maximum atomic E-state index is 12.1. The lowest BCUT2D eigenvalue weighted by Gasteiger charge is -2.44. The molecule has 2 amide bonds. The Morgan fingerprint density at radius 2 is 2.06 bits per heavy atom. The number of hydrogen-bond donors (Lipinski definition) is 1. The van der Waals surface area contributed by atoms with Gasteiger partial charge in [0.1, 0.15) is 12.1 Å². The van der Waals surface area contributed by atoms with Gasteiger partial charge in [0.2, 0.25) is 11.8 Å². The summed E-state index contributed by atoms with van der Waals surface area (Å²) in [4.78, 5) is 25.3. The van der Waals surface area contributed by atoms with Crippen molar-refractivity contribution in [2.24, 2.45) is 0 Å². The Morgan fingerprint density at radius 1 is 1.50 bits per heavy atom. The molecule has 0 spiro atoms. The molecule has 4 nitrogen and oxygen atoms in total. The van der Waals surface area contributed by atoms with Crippen LogP contribution in [-0.2, 0) is 9.59 Å². The molecule has 2 unspecified atom stereocenters. The molecule has 2 atom stereocenters. The van der Waals surface area contributed by atoms with Crippen molar-refractivity contribution in [3.8, 4) is 12.3 Å². The molecule has 0 saturated carbocycles. The molecule has 0 bridgehead atoms. The molecular weight excluding hydrogens is 204 g/mol. The van der Waals surface area contributed by atoms with Gasteiger partial charge in [0.05, 0.1) is 5.54 Å². The van der Waals surface area contributed by atoms with Crippen molar-refractivity contribution in [3.05, 3.63) is 0 Å². The minimum Gasteiger partial charge on any atom is -0.343 e. The van der Waals surface area contributed by atoms with Crippen LogP contribution in [0.3, 0.4) is 0 Å². The van der Waals surface area contributed by atoms with E-state index in [2.05, 4.69) is 11.2 Å². The van der Waals surface area contributed by atoms with Gasteiger partial charge in [0.15, 0.2) is 0 Å². The lowest BCUT2D eigenvalue weighted by Crippen LogP contribution is -2.67. The van der Waals surface area contributed by atoms with Gasteiger partial charge in [0.25, 0.3) is 0 Å². The highest BCUT2D eigenvalue weighted by molar-refractivity contribution is 5.97. The van der Waals surface area contributed by atoms with E-state index in [1.54, 1.807) is 20.8 Å². The third-order valence-corrected chi connectivity index (χ3v) is 2.98. The molecule has 1 aliphatic rings. The zero-order valence-electron chi connectivity index (χ0n) is 10.2. The van der Waals surface area contributed by atoms with E-state index in [-0.39, 0.29) is 11.8 Å². The van der Waals surface area contributed by atoms with Crippen LogP contribution < -0.4 is 5.32 Å². The number of hydrogen-bond acceptors (Lipinski definition) is 2. The zero-order valence-corrected chi connectivity index (χ0v) is 10.2. The Morgan fingerprint density at radius 3 is 2.50 bits per heavy atom. The molecule has 1 rings (SSSR count). The van der Waals surface area contributed by atoms with Crippen molar-refractivity contribution in [3.63, 3.8) is 0 Å². The molecule has 1 aliphatic heterocycles. The largest absolute Gasteiger partial charge is 0.343 e. The van der Waals surface area contributed by atoms with Crippen molar-refractivity contribution in [2.75, 3.05) is 0 Å². The Hall–Kier alpha value is -1.50. The number of carbonyl (C=O) groups is 2. The number of piperazine rings is 1. The lowest BCUT2D eigenvalue weighted by atomic mass is 9.96. The van der Waals surface area contributed by atoms with Crippen LogP contribution in [0, 0.1) is 12.3 Å². The molecular formula is C12H18N2O2. The molecule has 0 aromatic rings. The molecule has 0 aromatic carbocycles. The van der Waals surface area contributed by atoms with Gasteiger partial charge in [-0.1, -0.05) is 12.8 Å². The van der Waals surface area contributed by atoms with Crippen LogP contribution in [0.1, 0.15) is 34.1 Å². The summed E-state index contributed by atoms with van der Waals surface area (Å²) < 4.78 is 0. The summed E-state index contributed by atoms with van der Waals surface area (Å²) in [5, 5.41) is 2.69. The molecule has 0 radical (unpaired) electrons. The smallest absolute Gasteiger partial charge is 0.247 e. The molecule has 1 fully saturated rings. The first-order valence-corrected chi connectivity index (χ1v) is 5.46. The van der Waals surface area contributed by atoms with Crippen molar-refractivity contribution in [1.82, 2.24) is 10.2 Å². The Balaban J connectivity index is 3.09. The van der Waals surface area contributed by atoms with E-state index in [0.29, 0.717) is 6.42 Å². The van der Waals surface area contributed by atoms with Crippen molar-refractivity contribution in [1.29, 1.82) is 0 Å². The van der Waals surface area contributed by atoms with Crippen LogP contribution in [0.25, 0.3) is 0 Å². The van der Waals surface area contributed by atoms with Gasteiger partial charge in [-0.25, -0.2) is 0 Å². The SMILES string of the molecule is C#CC(C)(C)N1C(=O)C(CC)NC(=O)C1C. The fourth-order valence-electron chi connectivity index (χ4n) is 1.94. The van der Waals surface area contributed by atoms with E-state index in [4.69, 9.17) is 6.42 Å². The zero-order chi connectivity index (χ0) is 12.5. The minimum absolute atomic E-state index is 0.0995. The van der Waals surface area contributed by atoms with E-state index in [1.165, 1.54) is 4.90 Å². The minimum atomic E-state index is -0.734. The van der Waals surface area contributed by atoms with Gasteiger partial charge in [-0.05, 0) is 27.2 Å². The Labute approximate surface area is 96.4 Å². The first-order chi connectivity index (χ1) is 7.35. The highest BCUT2D eigenvalue weighted by atomic mass is 16.2. The van der Waals surface area contributed by atoms with Gasteiger partial charge in [-0.3, -0.25) is 9.59 Å². The average Bonchev–Trinajstić information content (AvgIpc) is 2.23. The summed E-state index contributed by atoms with van der Waals surface area (Å²) in [6.07, 6.45) is 6.00. The molecule has 0 aromatic heterocycles. The summed E-state index contributed by atoms with van der Waals surface area (Å²) in [5.74, 6) is 2.32. The van der Waals surface area contributed by atoms with Crippen molar-refractivity contribution >= 4 is 11.8 Å². The predicted octanol–water partition coefficient (Wildman–Crippen LogP) is 0.524. The standard InChI is InChI=1S/C12H18N2O2/c1-6-9-11(16)14(12(4,5)7-2)8(3)10(15)13-9/h2,8-9H,6H2,1,3-5H3,(H,13,15). The van der Waals surface area contributed by atoms with Crippen LogP contribution in [0.15, 0.2) is 0 Å². The molecule has 1 N–H and O–H groups in total. The van der Waals surface area contributed by atoms with Crippen LogP contribution in [0.2, 0.25) is 0 Å². The first-order valence-electron chi connectivity index (χ1n) is 5.46. The monoisotopic (exact) mass is 222 g/mol. The number of nitrogens with one attached hydrogen (secondary N) is 1. The fourth-order valence-corrected chi connectivity index (χ4v) is 1.94. The van der Waals surface area contributed by atoms with E-state index in [9.17, 15) is 9.59 Å². The normalized spacial score (nSPS) is 26.3. The topological polar surface area (TPSA) is 49.4 Å². The summed E-state index contributed by atoms with van der Waals surface area (Å²) in [7, 11) is 0. The van der Waals surface area contributed by atoms with E-state index >= 15 is 0 Å². The van der Waals surface area contributed by atoms with Crippen LogP contribution >= 0.6 is 0 Å². The molecule has 4 heteroatoms. The van der Waals surface area contributed by atoms with Crippen LogP contribution in [0.4, 0.5) is 0 Å². The number of carbonyl (C=O) groups excluding carboxylic acids is 2. The maximum absolute atomic E-state index is 12.1. The fraction of sp³-hybridized carbons (Fsp3) is 0.667. The lowest BCUT2D eigenvalue weighted by molar-refractivity contribution is -0.152. The third-order valence-electron chi connectivity index (χ3n) is 2.98. The van der Waals surface area contributed by atoms with E-state index in [1.807, 2.05) is 6.92 Å². The van der Waals surface area contributed by atoms with Crippen LogP contribution in [-0.4, -0.2) is 34.3 Å². The second-order valence-electron chi connectivity index (χ2n) is 4.56. The molecule has 1 saturated heterocycles. The van der Waals surface area contributed by atoms with Gasteiger partial charge in [-0.2, -0.15) is 0 Å².